The second-order valence-corrected chi connectivity index (χ2v) is 9.24. The van der Waals surface area contributed by atoms with E-state index < -0.39 is 11.9 Å². The number of aliphatic carboxylic acids is 1. The molecule has 1 atom stereocenters. The van der Waals surface area contributed by atoms with Gasteiger partial charge in [0.2, 0.25) is 0 Å². The monoisotopic (exact) mass is 466 g/mol. The molecule has 8 nitrogen and oxygen atoms in total. The van der Waals surface area contributed by atoms with Crippen molar-refractivity contribution < 1.29 is 19.4 Å². The van der Waals surface area contributed by atoms with E-state index in [1.807, 2.05) is 6.92 Å². The third-order valence-corrected chi connectivity index (χ3v) is 6.60. The molecule has 0 spiro atoms. The number of aryl methyl sites for hydroxylation is 2. The molecule has 1 aliphatic carbocycles. The molecule has 2 aliphatic rings. The second kappa shape index (κ2) is 11.4. The summed E-state index contributed by atoms with van der Waals surface area (Å²) in [6, 6.07) is 2.59. The van der Waals surface area contributed by atoms with Gasteiger partial charge in [-0.2, -0.15) is 0 Å². The number of Topliss-reactive ketones (excluding diaryl/α,β-unsaturated/α-hetero) is 1. The van der Waals surface area contributed by atoms with Crippen LogP contribution >= 0.6 is 0 Å². The van der Waals surface area contributed by atoms with Crippen LogP contribution in [0.2, 0.25) is 0 Å². The summed E-state index contributed by atoms with van der Waals surface area (Å²) in [4.78, 5) is 37.2. The van der Waals surface area contributed by atoms with E-state index in [1.54, 1.807) is 0 Å². The highest BCUT2D eigenvalue weighted by atomic mass is 16.5. The standard InChI is InChI=1S/C26H34N4O4/c1-2-34-26-28-15-19(16-29-26)21(25(32)33)12-11-20(31)7-3-4-8-23-22(17-9-10-17)14-18-6-5-13-27-24(18)30-23/h14-17,21H,2-13H2,1H3,(H,27,30)(H,32,33)/t21-/m1/s1. The highest BCUT2D eigenvalue weighted by Crippen LogP contribution is 2.43. The van der Waals surface area contributed by atoms with Crippen molar-refractivity contribution in [2.75, 3.05) is 18.5 Å². The number of ketones is 1. The highest BCUT2D eigenvalue weighted by molar-refractivity contribution is 5.80. The van der Waals surface area contributed by atoms with Crippen molar-refractivity contribution >= 4 is 17.6 Å². The minimum Gasteiger partial charge on any atom is -0.481 e. The Balaban J connectivity index is 1.24. The number of carboxylic acids is 1. The maximum Gasteiger partial charge on any atom is 0.316 e. The molecule has 0 aromatic carbocycles. The van der Waals surface area contributed by atoms with Gasteiger partial charge in [-0.3, -0.25) is 9.59 Å². The number of carboxylic acid groups (broad SMARTS) is 1. The fraction of sp³-hybridized carbons (Fsp3) is 0.577. The number of hydrogen-bond donors (Lipinski definition) is 2. The molecule has 0 saturated heterocycles. The Morgan fingerprint density at radius 1 is 1.21 bits per heavy atom. The minimum absolute atomic E-state index is 0.0978. The number of carbonyl (C=O) groups is 2. The van der Waals surface area contributed by atoms with Gasteiger partial charge in [-0.25, -0.2) is 15.0 Å². The molecule has 8 heteroatoms. The Kier molecular flexibility index (Phi) is 8.08. The molecule has 1 saturated carbocycles. The molecule has 2 N–H and O–H groups in total. The molecule has 4 rings (SSSR count). The molecule has 34 heavy (non-hydrogen) atoms. The number of nitrogens with one attached hydrogen (secondary N) is 1. The normalized spacial score (nSPS) is 15.8. The van der Waals surface area contributed by atoms with Gasteiger partial charge in [-0.1, -0.05) is 6.07 Å². The van der Waals surface area contributed by atoms with Crippen LogP contribution in [0.15, 0.2) is 18.5 Å². The van der Waals surface area contributed by atoms with Gasteiger partial charge in [-0.15, -0.1) is 0 Å². The number of unbranched alkanes of at least 4 members (excludes halogenated alkanes) is 1. The molecule has 1 fully saturated rings. The van der Waals surface area contributed by atoms with Crippen molar-refractivity contribution in [2.24, 2.45) is 0 Å². The van der Waals surface area contributed by atoms with Crippen molar-refractivity contribution in [3.05, 3.63) is 40.8 Å². The Bertz CT molecular complexity index is 1000. The van der Waals surface area contributed by atoms with Crippen LogP contribution in [0.4, 0.5) is 5.82 Å². The number of nitrogens with zero attached hydrogens (tertiary/aromatic N) is 3. The van der Waals surface area contributed by atoms with Gasteiger partial charge in [0, 0.05) is 43.0 Å². The molecular formula is C26H34N4O4. The van der Waals surface area contributed by atoms with Crippen molar-refractivity contribution in [2.45, 2.75) is 83.0 Å². The van der Waals surface area contributed by atoms with Crippen LogP contribution < -0.4 is 10.1 Å². The molecule has 0 bridgehead atoms. The Labute approximate surface area is 200 Å². The quantitative estimate of drug-likeness (QED) is 0.417. The van der Waals surface area contributed by atoms with Gasteiger partial charge < -0.3 is 15.2 Å². The summed E-state index contributed by atoms with van der Waals surface area (Å²) in [5.74, 6) is 0.0318. The molecule has 2 aromatic heterocycles. The van der Waals surface area contributed by atoms with Crippen LogP contribution in [0.1, 0.15) is 92.5 Å². The lowest BCUT2D eigenvalue weighted by Crippen LogP contribution is -2.15. The van der Waals surface area contributed by atoms with E-state index in [0.717, 1.165) is 44.5 Å². The van der Waals surface area contributed by atoms with Gasteiger partial charge in [0.05, 0.1) is 12.5 Å². The third kappa shape index (κ3) is 6.30. The number of pyridine rings is 1. The van der Waals surface area contributed by atoms with E-state index in [9.17, 15) is 14.7 Å². The minimum atomic E-state index is -0.972. The van der Waals surface area contributed by atoms with E-state index >= 15 is 0 Å². The first kappa shape index (κ1) is 24.1. The zero-order chi connectivity index (χ0) is 23.9. The van der Waals surface area contributed by atoms with Crippen LogP contribution in [0.25, 0.3) is 0 Å². The second-order valence-electron chi connectivity index (χ2n) is 9.24. The van der Waals surface area contributed by atoms with Crippen LogP contribution in [-0.2, 0) is 22.4 Å². The van der Waals surface area contributed by atoms with Gasteiger partial charge in [-0.05, 0) is 75.3 Å². The summed E-state index contributed by atoms with van der Waals surface area (Å²) in [6.45, 7) is 3.25. The molecule has 182 valence electrons. The van der Waals surface area contributed by atoms with Crippen molar-refractivity contribution in [3.8, 4) is 6.01 Å². The zero-order valence-electron chi connectivity index (χ0n) is 19.9. The molecule has 0 unspecified atom stereocenters. The third-order valence-electron chi connectivity index (χ3n) is 6.60. The molecule has 3 heterocycles. The Hall–Kier alpha value is -3.03. The van der Waals surface area contributed by atoms with Crippen molar-refractivity contribution in [1.29, 1.82) is 0 Å². The summed E-state index contributed by atoms with van der Waals surface area (Å²) in [6.07, 6.45) is 11.2. The fourth-order valence-electron chi connectivity index (χ4n) is 4.58. The van der Waals surface area contributed by atoms with E-state index in [4.69, 9.17) is 9.72 Å². The molecular weight excluding hydrogens is 432 g/mol. The van der Waals surface area contributed by atoms with Gasteiger partial charge in [0.25, 0.3) is 0 Å². The first-order valence-corrected chi connectivity index (χ1v) is 12.5. The first-order valence-electron chi connectivity index (χ1n) is 12.5. The average Bonchev–Trinajstić information content (AvgIpc) is 3.68. The lowest BCUT2D eigenvalue weighted by atomic mass is 9.94. The summed E-state index contributed by atoms with van der Waals surface area (Å²) in [5, 5.41) is 13.0. The number of aromatic nitrogens is 3. The van der Waals surface area contributed by atoms with E-state index in [0.29, 0.717) is 24.5 Å². The summed E-state index contributed by atoms with van der Waals surface area (Å²) >= 11 is 0. The molecule has 0 radical (unpaired) electrons. The maximum absolute atomic E-state index is 12.5. The number of anilines is 1. The predicted molar refractivity (Wildman–Crippen MR) is 128 cm³/mol. The van der Waals surface area contributed by atoms with E-state index in [1.165, 1.54) is 42.1 Å². The number of carbonyl (C=O) groups excluding carboxylic acids is 1. The zero-order valence-corrected chi connectivity index (χ0v) is 19.9. The number of ether oxygens (including phenoxy) is 1. The number of fused-ring (bicyclic) bond motifs is 1. The van der Waals surface area contributed by atoms with Crippen LogP contribution in [-0.4, -0.2) is 45.0 Å². The first-order chi connectivity index (χ1) is 16.5. The summed E-state index contributed by atoms with van der Waals surface area (Å²) in [7, 11) is 0. The van der Waals surface area contributed by atoms with Crippen LogP contribution in [0.5, 0.6) is 6.01 Å². The Morgan fingerprint density at radius 2 is 2.00 bits per heavy atom. The summed E-state index contributed by atoms with van der Waals surface area (Å²) in [5.41, 5.74) is 4.43. The van der Waals surface area contributed by atoms with E-state index in [2.05, 4.69) is 21.4 Å². The highest BCUT2D eigenvalue weighted by Gasteiger charge is 2.28. The van der Waals surface area contributed by atoms with Gasteiger partial charge >= 0.3 is 12.0 Å². The Morgan fingerprint density at radius 3 is 2.71 bits per heavy atom. The number of hydrogen-bond acceptors (Lipinski definition) is 7. The molecule has 0 amide bonds. The van der Waals surface area contributed by atoms with Gasteiger partial charge in [0.15, 0.2) is 0 Å². The predicted octanol–water partition coefficient (Wildman–Crippen LogP) is 4.44. The largest absolute Gasteiger partial charge is 0.481 e. The lowest BCUT2D eigenvalue weighted by molar-refractivity contribution is -0.139. The van der Waals surface area contributed by atoms with Crippen LogP contribution in [0.3, 0.4) is 0 Å². The van der Waals surface area contributed by atoms with E-state index in [-0.39, 0.29) is 24.6 Å². The van der Waals surface area contributed by atoms with Crippen molar-refractivity contribution in [1.82, 2.24) is 15.0 Å². The SMILES string of the molecule is CCOc1ncc([C@@H](CCC(=O)CCCCc2nc3c(cc2C2CC2)CCCN3)C(=O)O)cn1. The maximum atomic E-state index is 12.5. The average molecular weight is 467 g/mol. The number of rotatable bonds is 13. The summed E-state index contributed by atoms with van der Waals surface area (Å²) < 4.78 is 5.21. The van der Waals surface area contributed by atoms with Crippen molar-refractivity contribution in [3.63, 3.8) is 0 Å². The molecule has 2 aromatic rings. The smallest absolute Gasteiger partial charge is 0.316 e. The lowest BCUT2D eigenvalue weighted by Gasteiger charge is -2.20. The van der Waals surface area contributed by atoms with Gasteiger partial charge in [0.1, 0.15) is 11.6 Å². The molecule has 1 aliphatic heterocycles. The topological polar surface area (TPSA) is 114 Å². The van der Waals surface area contributed by atoms with Crippen LogP contribution in [0, 0.1) is 0 Å². The fourth-order valence-corrected chi connectivity index (χ4v) is 4.58.